The Labute approximate surface area is 155 Å². The zero-order valence-corrected chi connectivity index (χ0v) is 14.9. The number of carbonyl (C=O) groups is 1. The highest BCUT2D eigenvalue weighted by Gasteiger charge is 2.23. The third-order valence-corrected chi connectivity index (χ3v) is 3.75. The van der Waals surface area contributed by atoms with Gasteiger partial charge in [-0.2, -0.15) is 9.67 Å². The van der Waals surface area contributed by atoms with Crippen molar-refractivity contribution in [2.75, 3.05) is 27.4 Å². The van der Waals surface area contributed by atoms with Crippen LogP contribution in [0.4, 0.5) is 4.39 Å². The summed E-state index contributed by atoms with van der Waals surface area (Å²) in [7, 11) is 3.00. The zero-order valence-electron chi connectivity index (χ0n) is 14.9. The van der Waals surface area contributed by atoms with Gasteiger partial charge in [0.25, 0.3) is 5.91 Å². The summed E-state index contributed by atoms with van der Waals surface area (Å²) >= 11 is 0. The van der Waals surface area contributed by atoms with E-state index in [0.717, 1.165) is 4.68 Å². The number of nitrogens with zero attached hydrogens (tertiary/aromatic N) is 3. The Bertz CT molecular complexity index is 942. The lowest BCUT2D eigenvalue weighted by Gasteiger charge is -2.08. The smallest absolute Gasteiger partial charge is 0.336 e. The van der Waals surface area contributed by atoms with Gasteiger partial charge >= 0.3 is 6.01 Å². The van der Waals surface area contributed by atoms with Crippen LogP contribution in [0.1, 0.15) is 10.4 Å². The van der Waals surface area contributed by atoms with E-state index in [1.54, 1.807) is 36.4 Å². The van der Waals surface area contributed by atoms with E-state index >= 15 is 0 Å². The van der Waals surface area contributed by atoms with Crippen molar-refractivity contribution in [1.82, 2.24) is 14.8 Å². The Hall–Kier alpha value is -3.26. The van der Waals surface area contributed by atoms with Gasteiger partial charge in [-0.3, -0.25) is 4.79 Å². The van der Waals surface area contributed by atoms with Crippen molar-refractivity contribution in [2.45, 2.75) is 0 Å². The first-order valence-corrected chi connectivity index (χ1v) is 8.17. The molecule has 0 atom stereocenters. The van der Waals surface area contributed by atoms with E-state index < -0.39 is 11.7 Å². The second-order valence-corrected chi connectivity index (χ2v) is 5.46. The molecule has 2 aromatic carbocycles. The Morgan fingerprint density at radius 2 is 1.81 bits per heavy atom. The Balaban J connectivity index is 2.07. The van der Waals surface area contributed by atoms with Crippen molar-refractivity contribution in [3.63, 3.8) is 0 Å². The van der Waals surface area contributed by atoms with Gasteiger partial charge in [0.05, 0.1) is 24.8 Å². The summed E-state index contributed by atoms with van der Waals surface area (Å²) in [6.07, 6.45) is 0. The lowest BCUT2D eigenvalue weighted by molar-refractivity contribution is 0.0940. The van der Waals surface area contributed by atoms with Crippen LogP contribution >= 0.6 is 0 Å². The van der Waals surface area contributed by atoms with E-state index in [1.165, 1.54) is 26.4 Å². The molecule has 0 spiro atoms. The van der Waals surface area contributed by atoms with Gasteiger partial charge in [-0.1, -0.05) is 24.3 Å². The standard InChI is InChI=1S/C19H18FN3O4/c1-25-11-12-27-19-21-17(13-7-3-5-9-15(13)20)23(22-19)18(24)14-8-4-6-10-16(14)26-2/h3-10H,11-12H2,1-2H3. The van der Waals surface area contributed by atoms with Crippen LogP contribution in [0.25, 0.3) is 11.4 Å². The van der Waals surface area contributed by atoms with E-state index in [1.807, 2.05) is 0 Å². The van der Waals surface area contributed by atoms with Gasteiger partial charge in [0.15, 0.2) is 5.82 Å². The minimum Gasteiger partial charge on any atom is -0.496 e. The lowest BCUT2D eigenvalue weighted by Crippen LogP contribution is -2.16. The average Bonchev–Trinajstić information content (AvgIpc) is 3.12. The number of carbonyl (C=O) groups excluding carboxylic acids is 1. The average molecular weight is 371 g/mol. The third-order valence-electron chi connectivity index (χ3n) is 3.75. The second kappa shape index (κ2) is 8.41. The van der Waals surface area contributed by atoms with E-state index in [9.17, 15) is 9.18 Å². The molecule has 7 nitrogen and oxygen atoms in total. The molecule has 3 aromatic rings. The first kappa shape index (κ1) is 18.5. The molecule has 3 rings (SSSR count). The Morgan fingerprint density at radius 1 is 1.07 bits per heavy atom. The number of ether oxygens (including phenoxy) is 3. The molecule has 0 aliphatic carbocycles. The van der Waals surface area contributed by atoms with Crippen LogP contribution in [-0.4, -0.2) is 48.1 Å². The number of rotatable bonds is 7. The van der Waals surface area contributed by atoms with E-state index in [0.29, 0.717) is 12.4 Å². The minimum absolute atomic E-state index is 0.0384. The van der Waals surface area contributed by atoms with Crippen molar-refractivity contribution in [2.24, 2.45) is 0 Å². The number of hydrogen-bond donors (Lipinski definition) is 0. The Morgan fingerprint density at radius 3 is 2.56 bits per heavy atom. The zero-order chi connectivity index (χ0) is 19.2. The molecule has 0 saturated heterocycles. The van der Waals surface area contributed by atoms with Crippen LogP contribution in [0, 0.1) is 5.82 Å². The molecular weight excluding hydrogens is 353 g/mol. The quantitative estimate of drug-likeness (QED) is 0.595. The molecule has 0 N–H and O–H groups in total. The van der Waals surface area contributed by atoms with Gasteiger partial charge in [0, 0.05) is 7.11 Å². The van der Waals surface area contributed by atoms with Crippen molar-refractivity contribution in [1.29, 1.82) is 0 Å². The highest BCUT2D eigenvalue weighted by molar-refractivity contribution is 5.99. The number of benzene rings is 2. The Kier molecular flexibility index (Phi) is 5.77. The number of methoxy groups -OCH3 is 2. The maximum absolute atomic E-state index is 14.3. The molecule has 0 unspecified atom stereocenters. The van der Waals surface area contributed by atoms with Crippen LogP contribution in [0.2, 0.25) is 0 Å². The van der Waals surface area contributed by atoms with Crippen LogP contribution in [-0.2, 0) is 4.74 Å². The second-order valence-electron chi connectivity index (χ2n) is 5.46. The summed E-state index contributed by atoms with van der Waals surface area (Å²) in [6.45, 7) is 0.518. The predicted molar refractivity (Wildman–Crippen MR) is 95.5 cm³/mol. The lowest BCUT2D eigenvalue weighted by atomic mass is 10.1. The van der Waals surface area contributed by atoms with Gasteiger partial charge < -0.3 is 14.2 Å². The summed E-state index contributed by atoms with van der Waals surface area (Å²) in [5, 5.41) is 4.11. The molecule has 0 amide bonds. The van der Waals surface area contributed by atoms with Gasteiger partial charge in [-0.05, 0) is 24.3 Å². The SMILES string of the molecule is COCCOc1nc(-c2ccccc2F)n(C(=O)c2ccccc2OC)n1. The van der Waals surface area contributed by atoms with Crippen molar-refractivity contribution >= 4 is 5.91 Å². The van der Waals surface area contributed by atoms with Crippen LogP contribution in [0.15, 0.2) is 48.5 Å². The third kappa shape index (κ3) is 3.95. The molecule has 1 aromatic heterocycles. The first-order valence-electron chi connectivity index (χ1n) is 8.17. The summed E-state index contributed by atoms with van der Waals surface area (Å²) < 4.78 is 30.9. The molecule has 0 saturated carbocycles. The monoisotopic (exact) mass is 371 g/mol. The molecule has 0 fully saturated rings. The normalized spacial score (nSPS) is 10.6. The van der Waals surface area contributed by atoms with Crippen LogP contribution in [0.5, 0.6) is 11.8 Å². The highest BCUT2D eigenvalue weighted by atomic mass is 19.1. The van der Waals surface area contributed by atoms with E-state index in [-0.39, 0.29) is 29.6 Å². The number of para-hydroxylation sites is 1. The van der Waals surface area contributed by atoms with Crippen LogP contribution in [0.3, 0.4) is 0 Å². The van der Waals surface area contributed by atoms with Gasteiger partial charge in [0.1, 0.15) is 18.2 Å². The maximum Gasteiger partial charge on any atom is 0.336 e. The predicted octanol–water partition coefficient (Wildman–Crippen LogP) is 2.81. The minimum atomic E-state index is -0.526. The largest absolute Gasteiger partial charge is 0.496 e. The summed E-state index contributed by atoms with van der Waals surface area (Å²) in [5.41, 5.74) is 0.403. The number of hydrogen-bond acceptors (Lipinski definition) is 6. The highest BCUT2D eigenvalue weighted by Crippen LogP contribution is 2.26. The van der Waals surface area contributed by atoms with E-state index in [2.05, 4.69) is 10.1 Å². The summed E-state index contributed by atoms with van der Waals surface area (Å²) in [4.78, 5) is 17.2. The van der Waals surface area contributed by atoms with Gasteiger partial charge in [0.2, 0.25) is 0 Å². The topological polar surface area (TPSA) is 75.5 Å². The van der Waals surface area contributed by atoms with Gasteiger partial charge in [-0.15, -0.1) is 5.10 Å². The maximum atomic E-state index is 14.3. The van der Waals surface area contributed by atoms with Crippen molar-refractivity contribution in [3.8, 4) is 23.1 Å². The molecule has 27 heavy (non-hydrogen) atoms. The first-order chi connectivity index (χ1) is 13.2. The van der Waals surface area contributed by atoms with Gasteiger partial charge in [-0.25, -0.2) is 4.39 Å². The molecule has 0 aliphatic rings. The van der Waals surface area contributed by atoms with Crippen LogP contribution < -0.4 is 9.47 Å². The number of halogens is 1. The fourth-order valence-corrected chi connectivity index (χ4v) is 2.46. The molecule has 140 valence electrons. The molecular formula is C19H18FN3O4. The van der Waals surface area contributed by atoms with E-state index in [4.69, 9.17) is 14.2 Å². The molecule has 0 radical (unpaired) electrons. The number of aromatic nitrogens is 3. The molecule has 0 bridgehead atoms. The molecule has 8 heteroatoms. The summed E-state index contributed by atoms with van der Waals surface area (Å²) in [5.74, 6) is -0.627. The molecule has 1 heterocycles. The fourth-order valence-electron chi connectivity index (χ4n) is 2.46. The summed E-state index contributed by atoms with van der Waals surface area (Å²) in [6, 6.07) is 12.7. The van der Waals surface area contributed by atoms with Crippen molar-refractivity contribution < 1.29 is 23.4 Å². The van der Waals surface area contributed by atoms with Crippen molar-refractivity contribution in [3.05, 3.63) is 59.9 Å². The fraction of sp³-hybridized carbons (Fsp3) is 0.211. The molecule has 0 aliphatic heterocycles.